The minimum atomic E-state index is 0.211. The molecule has 1 aromatic heterocycles. The van der Waals surface area contributed by atoms with Gasteiger partial charge in [-0.3, -0.25) is 0 Å². The molecular weight excluding hydrogens is 166 g/mol. The molecule has 1 unspecified atom stereocenters. The Labute approximate surface area is 75.8 Å². The molecule has 2 aliphatic rings. The number of hydrogen-bond acceptors (Lipinski definition) is 4. The van der Waals surface area contributed by atoms with Crippen LogP contribution in [0.1, 0.15) is 0 Å². The van der Waals surface area contributed by atoms with Gasteiger partial charge >= 0.3 is 0 Å². The third-order valence-electron chi connectivity index (χ3n) is 2.25. The summed E-state index contributed by atoms with van der Waals surface area (Å²) in [7, 11) is 0. The van der Waals surface area contributed by atoms with Crippen LogP contribution in [-0.2, 0) is 0 Å². The van der Waals surface area contributed by atoms with Crippen molar-refractivity contribution in [2.45, 2.75) is 6.17 Å². The Morgan fingerprint density at radius 2 is 2.62 bits per heavy atom. The van der Waals surface area contributed by atoms with Gasteiger partial charge in [-0.2, -0.15) is 0 Å². The van der Waals surface area contributed by atoms with E-state index in [1.165, 1.54) is 0 Å². The van der Waals surface area contributed by atoms with Crippen LogP contribution in [0.15, 0.2) is 30.7 Å². The van der Waals surface area contributed by atoms with Crippen LogP contribution < -0.4 is 15.0 Å². The van der Waals surface area contributed by atoms with E-state index >= 15 is 0 Å². The lowest BCUT2D eigenvalue weighted by Crippen LogP contribution is -2.43. The normalized spacial score (nSPS) is 23.1. The third-order valence-corrected chi connectivity index (χ3v) is 2.25. The van der Waals surface area contributed by atoms with E-state index in [2.05, 4.69) is 15.2 Å². The van der Waals surface area contributed by atoms with Gasteiger partial charge in [-0.05, 0) is 12.1 Å². The summed E-state index contributed by atoms with van der Waals surface area (Å²) in [4.78, 5) is 6.35. The summed E-state index contributed by atoms with van der Waals surface area (Å²) in [6.07, 6.45) is 5.88. The number of anilines is 1. The second kappa shape index (κ2) is 2.39. The first-order chi connectivity index (χ1) is 6.45. The predicted octanol–water partition coefficient (Wildman–Crippen LogP) is 0.681. The summed E-state index contributed by atoms with van der Waals surface area (Å²) < 4.78 is 5.53. The van der Waals surface area contributed by atoms with Crippen LogP contribution in [0.4, 0.5) is 5.82 Å². The van der Waals surface area contributed by atoms with Gasteiger partial charge in [0.25, 0.3) is 0 Å². The molecule has 0 spiro atoms. The van der Waals surface area contributed by atoms with E-state index in [0.717, 1.165) is 11.6 Å². The Morgan fingerprint density at radius 3 is 3.62 bits per heavy atom. The lowest BCUT2D eigenvalue weighted by atomic mass is 10.3. The highest BCUT2D eigenvalue weighted by molar-refractivity contribution is 5.57. The zero-order chi connectivity index (χ0) is 8.67. The fourth-order valence-corrected chi connectivity index (χ4v) is 1.62. The zero-order valence-electron chi connectivity index (χ0n) is 6.97. The smallest absolute Gasteiger partial charge is 0.177 e. The number of ether oxygens (including phenoxy) is 1. The van der Waals surface area contributed by atoms with E-state index < -0.39 is 0 Å². The van der Waals surface area contributed by atoms with Crippen LogP contribution in [0.2, 0.25) is 0 Å². The first-order valence-electron chi connectivity index (χ1n) is 4.24. The second-order valence-electron chi connectivity index (χ2n) is 3.04. The number of hydrogen-bond donors (Lipinski definition) is 1. The van der Waals surface area contributed by atoms with Crippen molar-refractivity contribution in [3.63, 3.8) is 0 Å². The molecule has 1 atom stereocenters. The Kier molecular flexibility index (Phi) is 1.24. The van der Waals surface area contributed by atoms with Crippen LogP contribution in [0.25, 0.3) is 0 Å². The molecule has 0 aliphatic carbocycles. The number of aromatic nitrogens is 1. The van der Waals surface area contributed by atoms with Crippen molar-refractivity contribution in [2.24, 2.45) is 0 Å². The molecule has 0 bridgehead atoms. The molecule has 3 heterocycles. The van der Waals surface area contributed by atoms with Crippen molar-refractivity contribution in [1.82, 2.24) is 10.3 Å². The maximum Gasteiger partial charge on any atom is 0.177 e. The summed E-state index contributed by atoms with van der Waals surface area (Å²) >= 11 is 0. The molecule has 4 heteroatoms. The first-order valence-corrected chi connectivity index (χ1v) is 4.24. The van der Waals surface area contributed by atoms with Crippen LogP contribution >= 0.6 is 0 Å². The van der Waals surface area contributed by atoms with E-state index in [1.807, 2.05) is 24.5 Å². The Bertz CT molecular complexity index is 364. The number of nitrogens with zero attached hydrogens (tertiary/aromatic N) is 2. The van der Waals surface area contributed by atoms with E-state index in [0.29, 0.717) is 6.61 Å². The Morgan fingerprint density at radius 1 is 1.62 bits per heavy atom. The Balaban J connectivity index is 2.10. The largest absolute Gasteiger partial charge is 0.486 e. The van der Waals surface area contributed by atoms with E-state index in [9.17, 15) is 0 Å². The fraction of sp³-hybridized carbons (Fsp3) is 0.222. The van der Waals surface area contributed by atoms with Crippen molar-refractivity contribution >= 4 is 5.82 Å². The highest BCUT2D eigenvalue weighted by Gasteiger charge is 2.28. The van der Waals surface area contributed by atoms with Crippen LogP contribution in [0, 0.1) is 0 Å². The van der Waals surface area contributed by atoms with Crippen LogP contribution in [0.5, 0.6) is 5.75 Å². The highest BCUT2D eigenvalue weighted by atomic mass is 16.5. The molecule has 1 aromatic rings. The van der Waals surface area contributed by atoms with Gasteiger partial charge in [-0.1, -0.05) is 0 Å². The van der Waals surface area contributed by atoms with Gasteiger partial charge in [0.1, 0.15) is 12.8 Å². The molecule has 0 radical (unpaired) electrons. The zero-order valence-corrected chi connectivity index (χ0v) is 6.97. The SMILES string of the molecule is C1=CN2c3ncccc3OCC2N1. The molecule has 0 aromatic carbocycles. The average molecular weight is 175 g/mol. The molecule has 3 rings (SSSR count). The van der Waals surface area contributed by atoms with Crippen LogP contribution in [-0.4, -0.2) is 17.8 Å². The average Bonchev–Trinajstić information content (AvgIpc) is 2.65. The minimum absolute atomic E-state index is 0.211. The summed E-state index contributed by atoms with van der Waals surface area (Å²) in [6.45, 7) is 0.658. The van der Waals surface area contributed by atoms with Gasteiger partial charge in [-0.25, -0.2) is 4.98 Å². The van der Waals surface area contributed by atoms with Crippen LogP contribution in [0.3, 0.4) is 0 Å². The second-order valence-corrected chi connectivity index (χ2v) is 3.04. The quantitative estimate of drug-likeness (QED) is 0.629. The van der Waals surface area contributed by atoms with E-state index in [-0.39, 0.29) is 6.17 Å². The van der Waals surface area contributed by atoms with Gasteiger partial charge in [0.2, 0.25) is 0 Å². The summed E-state index contributed by atoms with van der Waals surface area (Å²) in [6, 6.07) is 3.82. The molecule has 13 heavy (non-hydrogen) atoms. The number of nitrogens with one attached hydrogen (secondary N) is 1. The van der Waals surface area contributed by atoms with Gasteiger partial charge in [0.05, 0.1) is 0 Å². The maximum absolute atomic E-state index is 5.53. The molecule has 0 saturated heterocycles. The summed E-state index contributed by atoms with van der Waals surface area (Å²) in [5, 5.41) is 3.18. The number of rotatable bonds is 0. The molecule has 0 amide bonds. The summed E-state index contributed by atoms with van der Waals surface area (Å²) in [5.74, 6) is 1.74. The van der Waals surface area contributed by atoms with Crippen molar-refractivity contribution in [1.29, 1.82) is 0 Å². The van der Waals surface area contributed by atoms with Crippen molar-refractivity contribution in [3.05, 3.63) is 30.7 Å². The molecule has 66 valence electrons. The van der Waals surface area contributed by atoms with Crippen molar-refractivity contribution < 1.29 is 4.74 Å². The first kappa shape index (κ1) is 6.77. The molecule has 2 aliphatic heterocycles. The maximum atomic E-state index is 5.53. The monoisotopic (exact) mass is 175 g/mol. The van der Waals surface area contributed by atoms with E-state index in [4.69, 9.17) is 4.74 Å². The summed E-state index contributed by atoms with van der Waals surface area (Å²) in [5.41, 5.74) is 0. The third kappa shape index (κ3) is 0.884. The molecular formula is C9H9N3O. The number of pyridine rings is 1. The Hall–Kier alpha value is -1.71. The molecule has 4 nitrogen and oxygen atoms in total. The van der Waals surface area contributed by atoms with Crippen molar-refractivity contribution in [2.75, 3.05) is 11.5 Å². The predicted molar refractivity (Wildman–Crippen MR) is 48.3 cm³/mol. The molecule has 0 fully saturated rings. The lowest BCUT2D eigenvalue weighted by molar-refractivity contribution is 0.262. The fourth-order valence-electron chi connectivity index (χ4n) is 1.62. The van der Waals surface area contributed by atoms with Crippen molar-refractivity contribution in [3.8, 4) is 5.75 Å². The lowest BCUT2D eigenvalue weighted by Gasteiger charge is -2.30. The van der Waals surface area contributed by atoms with Gasteiger partial charge in [0, 0.05) is 18.6 Å². The van der Waals surface area contributed by atoms with E-state index in [1.54, 1.807) is 6.20 Å². The van der Waals surface area contributed by atoms with Gasteiger partial charge in [-0.15, -0.1) is 0 Å². The van der Waals surface area contributed by atoms with Gasteiger partial charge in [0.15, 0.2) is 11.6 Å². The number of fused-ring (bicyclic) bond motifs is 3. The highest BCUT2D eigenvalue weighted by Crippen LogP contribution is 2.31. The topological polar surface area (TPSA) is 37.4 Å². The molecule has 1 N–H and O–H groups in total. The van der Waals surface area contributed by atoms with Gasteiger partial charge < -0.3 is 15.0 Å². The minimum Gasteiger partial charge on any atom is -0.486 e. The standard InChI is InChI=1S/C9H9N3O/c1-2-7-9(11-3-1)12-5-4-10-8(12)6-13-7/h1-5,8,10H,6H2. The molecule has 0 saturated carbocycles.